The zero-order valence-corrected chi connectivity index (χ0v) is 19.9. The number of piperidine rings is 1. The molecule has 2 aromatic rings. The topological polar surface area (TPSA) is 41.6 Å². The summed E-state index contributed by atoms with van der Waals surface area (Å²) in [7, 11) is 0. The fourth-order valence-electron chi connectivity index (χ4n) is 4.90. The minimum Gasteiger partial charge on any atom is -0.481 e. The number of carbonyl (C=O) groups excluding carboxylic acids is 1. The molecule has 172 valence electrons. The van der Waals surface area contributed by atoms with Crippen molar-refractivity contribution in [2.75, 3.05) is 18.0 Å². The van der Waals surface area contributed by atoms with E-state index in [0.717, 1.165) is 43.2 Å². The summed E-state index contributed by atoms with van der Waals surface area (Å²) in [5.41, 5.74) is 5.20. The van der Waals surface area contributed by atoms with Gasteiger partial charge in [-0.2, -0.15) is 0 Å². The van der Waals surface area contributed by atoms with E-state index in [4.69, 9.17) is 4.74 Å². The molecule has 1 N–H and O–H groups in total. The van der Waals surface area contributed by atoms with Gasteiger partial charge in [0.2, 0.25) is 0 Å². The first-order valence-electron chi connectivity index (χ1n) is 12.5. The molecule has 0 spiro atoms. The van der Waals surface area contributed by atoms with Crippen molar-refractivity contribution < 1.29 is 9.53 Å². The molecule has 32 heavy (non-hydrogen) atoms. The SMILES string of the molecule is CCC(Oc1ccc2c(c1)CCCC2)C(=O)NC(C)c1ccc(N2CCC(C)CC2)cc1. The van der Waals surface area contributed by atoms with Crippen LogP contribution in [-0.2, 0) is 17.6 Å². The molecule has 1 heterocycles. The van der Waals surface area contributed by atoms with Crippen LogP contribution in [0.5, 0.6) is 5.75 Å². The molecular formula is C28H38N2O2. The van der Waals surface area contributed by atoms with Gasteiger partial charge >= 0.3 is 0 Å². The van der Waals surface area contributed by atoms with Gasteiger partial charge in [0.1, 0.15) is 5.75 Å². The Labute approximate surface area is 193 Å². The van der Waals surface area contributed by atoms with Crippen LogP contribution in [0, 0.1) is 5.92 Å². The number of fused-ring (bicyclic) bond motifs is 1. The van der Waals surface area contributed by atoms with Crippen molar-refractivity contribution in [2.24, 2.45) is 5.92 Å². The van der Waals surface area contributed by atoms with Crippen LogP contribution in [0.25, 0.3) is 0 Å². The Morgan fingerprint density at radius 1 is 1.06 bits per heavy atom. The Balaban J connectivity index is 1.34. The summed E-state index contributed by atoms with van der Waals surface area (Å²) < 4.78 is 6.12. The molecule has 0 radical (unpaired) electrons. The van der Waals surface area contributed by atoms with E-state index in [9.17, 15) is 4.79 Å². The summed E-state index contributed by atoms with van der Waals surface area (Å²) in [5.74, 6) is 1.59. The second kappa shape index (κ2) is 10.4. The van der Waals surface area contributed by atoms with Crippen molar-refractivity contribution in [3.8, 4) is 5.75 Å². The number of carbonyl (C=O) groups is 1. The maximum atomic E-state index is 13.0. The molecule has 2 atom stereocenters. The second-order valence-electron chi connectivity index (χ2n) is 9.64. The van der Waals surface area contributed by atoms with Gasteiger partial charge in [-0.15, -0.1) is 0 Å². The number of amides is 1. The molecule has 0 aromatic heterocycles. The van der Waals surface area contributed by atoms with Gasteiger partial charge < -0.3 is 15.0 Å². The summed E-state index contributed by atoms with van der Waals surface area (Å²) in [5, 5.41) is 3.16. The molecule has 1 aliphatic heterocycles. The number of anilines is 1. The summed E-state index contributed by atoms with van der Waals surface area (Å²) in [6.07, 6.45) is 7.45. The number of rotatable bonds is 7. The van der Waals surface area contributed by atoms with Gasteiger partial charge in [-0.25, -0.2) is 0 Å². The van der Waals surface area contributed by atoms with Crippen molar-refractivity contribution in [1.82, 2.24) is 5.32 Å². The number of aryl methyl sites for hydroxylation is 2. The first kappa shape index (κ1) is 22.7. The summed E-state index contributed by atoms with van der Waals surface area (Å²) >= 11 is 0. The van der Waals surface area contributed by atoms with Gasteiger partial charge in [-0.1, -0.05) is 32.0 Å². The largest absolute Gasteiger partial charge is 0.481 e. The van der Waals surface area contributed by atoms with Crippen molar-refractivity contribution >= 4 is 11.6 Å². The van der Waals surface area contributed by atoms with Crippen molar-refractivity contribution in [2.45, 2.75) is 77.9 Å². The number of nitrogens with zero attached hydrogens (tertiary/aromatic N) is 1. The number of ether oxygens (including phenoxy) is 1. The van der Waals surface area contributed by atoms with E-state index in [1.807, 2.05) is 19.9 Å². The molecule has 0 bridgehead atoms. The first-order valence-corrected chi connectivity index (χ1v) is 12.5. The predicted molar refractivity (Wildman–Crippen MR) is 131 cm³/mol. The number of benzene rings is 2. The molecule has 0 saturated carbocycles. The van der Waals surface area contributed by atoms with E-state index in [-0.39, 0.29) is 11.9 Å². The summed E-state index contributed by atoms with van der Waals surface area (Å²) in [4.78, 5) is 15.4. The Hall–Kier alpha value is -2.49. The quantitative estimate of drug-likeness (QED) is 0.595. The molecule has 2 unspecified atom stereocenters. The Morgan fingerprint density at radius 3 is 2.44 bits per heavy atom. The van der Waals surface area contributed by atoms with E-state index < -0.39 is 6.10 Å². The van der Waals surface area contributed by atoms with Gasteiger partial charge in [-0.3, -0.25) is 4.79 Å². The molecule has 2 aliphatic rings. The molecule has 4 rings (SSSR count). The van der Waals surface area contributed by atoms with Gasteiger partial charge in [-0.05, 0) is 98.7 Å². The minimum atomic E-state index is -0.478. The highest BCUT2D eigenvalue weighted by Gasteiger charge is 2.22. The van der Waals surface area contributed by atoms with Gasteiger partial charge in [0, 0.05) is 18.8 Å². The van der Waals surface area contributed by atoms with E-state index in [0.29, 0.717) is 6.42 Å². The summed E-state index contributed by atoms with van der Waals surface area (Å²) in [6, 6.07) is 14.9. The van der Waals surface area contributed by atoms with E-state index in [1.54, 1.807) is 0 Å². The third-order valence-electron chi connectivity index (χ3n) is 7.16. The van der Waals surface area contributed by atoms with Crippen LogP contribution in [-0.4, -0.2) is 25.1 Å². The Bertz CT molecular complexity index is 900. The highest BCUT2D eigenvalue weighted by molar-refractivity contribution is 5.81. The third kappa shape index (κ3) is 5.46. The fourth-order valence-corrected chi connectivity index (χ4v) is 4.90. The normalized spacial score (nSPS) is 18.5. The lowest BCUT2D eigenvalue weighted by Gasteiger charge is -2.32. The monoisotopic (exact) mass is 434 g/mol. The first-order chi connectivity index (χ1) is 15.5. The zero-order valence-electron chi connectivity index (χ0n) is 19.9. The van der Waals surface area contributed by atoms with Crippen LogP contribution in [0.3, 0.4) is 0 Å². The minimum absolute atomic E-state index is 0.0492. The smallest absolute Gasteiger partial charge is 0.261 e. The van der Waals surface area contributed by atoms with Crippen LogP contribution >= 0.6 is 0 Å². The lowest BCUT2D eigenvalue weighted by Crippen LogP contribution is -2.39. The van der Waals surface area contributed by atoms with Crippen molar-refractivity contribution in [3.05, 3.63) is 59.2 Å². The van der Waals surface area contributed by atoms with Crippen molar-refractivity contribution in [1.29, 1.82) is 0 Å². The zero-order chi connectivity index (χ0) is 22.5. The molecule has 4 heteroatoms. The standard InChI is InChI=1S/C28H38N2O2/c1-4-27(32-26-14-11-23-7-5-6-8-24(23)19-26)28(31)29-21(3)22-9-12-25(13-10-22)30-17-15-20(2)16-18-30/h9-14,19-21,27H,4-8,15-18H2,1-3H3,(H,29,31). The highest BCUT2D eigenvalue weighted by atomic mass is 16.5. The molecule has 1 aliphatic carbocycles. The maximum Gasteiger partial charge on any atom is 0.261 e. The molecule has 1 saturated heterocycles. The van der Waals surface area contributed by atoms with Gasteiger partial charge in [0.25, 0.3) is 5.91 Å². The van der Waals surface area contributed by atoms with Crippen LogP contribution in [0.15, 0.2) is 42.5 Å². The maximum absolute atomic E-state index is 13.0. The predicted octanol–water partition coefficient (Wildman–Crippen LogP) is 5.84. The average Bonchev–Trinajstić information content (AvgIpc) is 2.83. The lowest BCUT2D eigenvalue weighted by molar-refractivity contribution is -0.128. The molecule has 2 aromatic carbocycles. The van der Waals surface area contributed by atoms with E-state index >= 15 is 0 Å². The van der Waals surface area contributed by atoms with E-state index in [1.165, 1.54) is 42.5 Å². The Kier molecular flexibility index (Phi) is 7.39. The van der Waals surface area contributed by atoms with Crippen LogP contribution < -0.4 is 15.0 Å². The second-order valence-corrected chi connectivity index (χ2v) is 9.64. The Morgan fingerprint density at radius 2 is 1.75 bits per heavy atom. The number of hydrogen-bond donors (Lipinski definition) is 1. The third-order valence-corrected chi connectivity index (χ3v) is 7.16. The van der Waals surface area contributed by atoms with Gasteiger partial charge in [0.05, 0.1) is 6.04 Å². The molecular weight excluding hydrogens is 396 g/mol. The molecule has 1 amide bonds. The van der Waals surface area contributed by atoms with E-state index in [2.05, 4.69) is 53.5 Å². The molecule has 4 nitrogen and oxygen atoms in total. The van der Waals surface area contributed by atoms with Crippen LogP contribution in [0.1, 0.15) is 75.6 Å². The highest BCUT2D eigenvalue weighted by Crippen LogP contribution is 2.27. The van der Waals surface area contributed by atoms with Crippen LogP contribution in [0.2, 0.25) is 0 Å². The number of nitrogens with one attached hydrogen (secondary N) is 1. The lowest BCUT2D eigenvalue weighted by atomic mass is 9.92. The average molecular weight is 435 g/mol. The number of hydrogen-bond acceptors (Lipinski definition) is 3. The molecule has 1 fully saturated rings. The fraction of sp³-hybridized carbons (Fsp3) is 0.536. The van der Waals surface area contributed by atoms with Gasteiger partial charge in [0.15, 0.2) is 6.10 Å². The summed E-state index contributed by atoms with van der Waals surface area (Å²) in [6.45, 7) is 8.64. The van der Waals surface area contributed by atoms with Crippen LogP contribution in [0.4, 0.5) is 5.69 Å². The van der Waals surface area contributed by atoms with Crippen molar-refractivity contribution in [3.63, 3.8) is 0 Å².